The first-order chi connectivity index (χ1) is 14.2. The third kappa shape index (κ3) is 5.54. The van der Waals surface area contributed by atoms with E-state index in [1.54, 1.807) is 7.11 Å². The van der Waals surface area contributed by atoms with Crippen LogP contribution in [0.1, 0.15) is 30.9 Å². The van der Waals surface area contributed by atoms with E-state index in [9.17, 15) is 0 Å². The van der Waals surface area contributed by atoms with Crippen LogP contribution < -0.4 is 15.4 Å². The normalized spacial score (nSPS) is 16.4. The van der Waals surface area contributed by atoms with Crippen LogP contribution in [0.15, 0.2) is 47.7 Å². The van der Waals surface area contributed by atoms with Crippen LogP contribution in [0.2, 0.25) is 0 Å². The zero-order chi connectivity index (χ0) is 20.5. The minimum absolute atomic E-state index is 0.0710. The van der Waals surface area contributed by atoms with Crippen molar-refractivity contribution in [1.82, 2.24) is 15.2 Å². The second-order valence-corrected chi connectivity index (χ2v) is 7.64. The molecule has 3 rings (SSSR count). The number of aromatic nitrogens is 1. The summed E-state index contributed by atoms with van der Waals surface area (Å²) in [5, 5.41) is 6.84. The molecule has 1 fully saturated rings. The van der Waals surface area contributed by atoms with Crippen molar-refractivity contribution in [2.45, 2.75) is 38.6 Å². The summed E-state index contributed by atoms with van der Waals surface area (Å²) < 4.78 is 13.6. The molecule has 0 radical (unpaired) electrons. The largest absolute Gasteiger partial charge is 0.496 e. The lowest BCUT2D eigenvalue weighted by molar-refractivity contribution is 0.0522. The molecule has 2 aromatic rings. The molecule has 1 aromatic heterocycles. The Morgan fingerprint density at radius 2 is 1.97 bits per heavy atom. The van der Waals surface area contributed by atoms with E-state index in [1.165, 1.54) is 11.1 Å². The zero-order valence-corrected chi connectivity index (χ0v) is 17.9. The number of nitrogens with one attached hydrogen (secondary N) is 2. The lowest BCUT2D eigenvalue weighted by Gasteiger charge is -2.37. The quantitative estimate of drug-likeness (QED) is 0.530. The Morgan fingerprint density at radius 3 is 2.66 bits per heavy atom. The molecule has 2 heterocycles. The van der Waals surface area contributed by atoms with E-state index in [0.29, 0.717) is 6.54 Å². The zero-order valence-electron chi connectivity index (χ0n) is 17.9. The number of nitrogens with zero attached hydrogens (tertiary/aromatic N) is 2. The van der Waals surface area contributed by atoms with Gasteiger partial charge in [0, 0.05) is 56.2 Å². The molecule has 0 unspecified atom stereocenters. The SMILES string of the molecule is CCNC(=NCC1(c2cc(C)ccc2OC)CCOCC1)NCCn1cccc1. The number of hydrogen-bond acceptors (Lipinski definition) is 3. The number of ether oxygens (including phenoxy) is 2. The van der Waals surface area contributed by atoms with Gasteiger partial charge in [-0.1, -0.05) is 17.7 Å². The van der Waals surface area contributed by atoms with Crippen molar-refractivity contribution >= 4 is 5.96 Å². The van der Waals surface area contributed by atoms with E-state index in [1.807, 2.05) is 12.1 Å². The number of rotatable bonds is 8. The van der Waals surface area contributed by atoms with Gasteiger partial charge in [0.25, 0.3) is 0 Å². The molecule has 6 nitrogen and oxygen atoms in total. The van der Waals surface area contributed by atoms with Gasteiger partial charge in [0.2, 0.25) is 0 Å². The van der Waals surface area contributed by atoms with Crippen molar-refractivity contribution in [3.05, 3.63) is 53.9 Å². The molecule has 1 aliphatic rings. The van der Waals surface area contributed by atoms with Gasteiger partial charge in [0.1, 0.15) is 5.75 Å². The topological polar surface area (TPSA) is 59.8 Å². The van der Waals surface area contributed by atoms with Gasteiger partial charge in [-0.05, 0) is 44.9 Å². The molecule has 0 aliphatic carbocycles. The van der Waals surface area contributed by atoms with Crippen molar-refractivity contribution in [2.75, 3.05) is 40.0 Å². The van der Waals surface area contributed by atoms with Crippen molar-refractivity contribution in [3.8, 4) is 5.75 Å². The Labute approximate surface area is 174 Å². The van der Waals surface area contributed by atoms with E-state index < -0.39 is 0 Å². The predicted octanol–water partition coefficient (Wildman–Crippen LogP) is 3.11. The van der Waals surface area contributed by atoms with E-state index in [-0.39, 0.29) is 5.41 Å². The molecule has 158 valence electrons. The van der Waals surface area contributed by atoms with E-state index in [0.717, 1.165) is 57.4 Å². The van der Waals surface area contributed by atoms with Crippen LogP contribution >= 0.6 is 0 Å². The van der Waals surface area contributed by atoms with Crippen LogP contribution in [0.4, 0.5) is 0 Å². The highest BCUT2D eigenvalue weighted by molar-refractivity contribution is 5.79. The standard InChI is InChI=1S/C23H34N4O2/c1-4-24-22(25-11-14-27-12-5-6-13-27)26-18-23(9-15-29-16-10-23)20-17-19(2)7-8-21(20)28-3/h5-8,12-13,17H,4,9-11,14-16,18H2,1-3H3,(H2,24,25,26). The Morgan fingerprint density at radius 1 is 1.21 bits per heavy atom. The Kier molecular flexibility index (Phi) is 7.58. The summed E-state index contributed by atoms with van der Waals surface area (Å²) in [5.74, 6) is 1.80. The first-order valence-corrected chi connectivity index (χ1v) is 10.5. The molecule has 1 saturated heterocycles. The third-order valence-electron chi connectivity index (χ3n) is 5.59. The number of methoxy groups -OCH3 is 1. The van der Waals surface area contributed by atoms with Crippen LogP contribution in [0, 0.1) is 6.92 Å². The van der Waals surface area contributed by atoms with Gasteiger partial charge in [-0.25, -0.2) is 0 Å². The van der Waals surface area contributed by atoms with Crippen molar-refractivity contribution < 1.29 is 9.47 Å². The highest BCUT2D eigenvalue weighted by Gasteiger charge is 2.37. The van der Waals surface area contributed by atoms with Crippen molar-refractivity contribution in [2.24, 2.45) is 4.99 Å². The second-order valence-electron chi connectivity index (χ2n) is 7.64. The number of guanidine groups is 1. The summed E-state index contributed by atoms with van der Waals surface area (Å²) in [5.41, 5.74) is 2.42. The summed E-state index contributed by atoms with van der Waals surface area (Å²) in [4.78, 5) is 4.98. The maximum Gasteiger partial charge on any atom is 0.191 e. The summed E-state index contributed by atoms with van der Waals surface area (Å²) in [6.07, 6.45) is 6.04. The molecule has 2 N–H and O–H groups in total. The van der Waals surface area contributed by atoms with Gasteiger partial charge < -0.3 is 24.7 Å². The predicted molar refractivity (Wildman–Crippen MR) is 118 cm³/mol. The summed E-state index contributed by atoms with van der Waals surface area (Å²) in [6.45, 7) is 9.00. The smallest absolute Gasteiger partial charge is 0.191 e. The minimum Gasteiger partial charge on any atom is -0.496 e. The van der Waals surface area contributed by atoms with Gasteiger partial charge >= 0.3 is 0 Å². The molecular weight excluding hydrogens is 364 g/mol. The molecular formula is C23H34N4O2. The number of aliphatic imine (C=N–C) groups is 1. The highest BCUT2D eigenvalue weighted by atomic mass is 16.5. The summed E-state index contributed by atoms with van der Waals surface area (Å²) >= 11 is 0. The molecule has 6 heteroatoms. The van der Waals surface area contributed by atoms with Crippen LogP contribution in [0.3, 0.4) is 0 Å². The van der Waals surface area contributed by atoms with Gasteiger partial charge in [-0.2, -0.15) is 0 Å². The van der Waals surface area contributed by atoms with Crippen LogP contribution in [0.5, 0.6) is 5.75 Å². The maximum absolute atomic E-state index is 5.72. The molecule has 1 aromatic carbocycles. The molecule has 0 bridgehead atoms. The fourth-order valence-corrected chi connectivity index (χ4v) is 3.91. The van der Waals surface area contributed by atoms with Crippen molar-refractivity contribution in [3.63, 3.8) is 0 Å². The third-order valence-corrected chi connectivity index (χ3v) is 5.59. The average molecular weight is 399 g/mol. The Balaban J connectivity index is 1.78. The van der Waals surface area contributed by atoms with E-state index in [4.69, 9.17) is 14.5 Å². The van der Waals surface area contributed by atoms with Gasteiger partial charge in [-0.15, -0.1) is 0 Å². The van der Waals surface area contributed by atoms with Crippen LogP contribution in [0.25, 0.3) is 0 Å². The molecule has 1 aliphatic heterocycles. The lowest BCUT2D eigenvalue weighted by Crippen LogP contribution is -2.42. The van der Waals surface area contributed by atoms with Gasteiger partial charge in [-0.3, -0.25) is 4.99 Å². The lowest BCUT2D eigenvalue weighted by atomic mass is 9.73. The minimum atomic E-state index is -0.0710. The van der Waals surface area contributed by atoms with Gasteiger partial charge in [0.05, 0.1) is 13.7 Å². The van der Waals surface area contributed by atoms with Crippen molar-refractivity contribution in [1.29, 1.82) is 0 Å². The number of hydrogen-bond donors (Lipinski definition) is 2. The number of aryl methyl sites for hydroxylation is 1. The first kappa shape index (κ1) is 21.2. The molecule has 0 saturated carbocycles. The van der Waals surface area contributed by atoms with Crippen LogP contribution in [-0.4, -0.2) is 50.5 Å². The molecule has 0 atom stereocenters. The number of benzene rings is 1. The van der Waals surface area contributed by atoms with E-state index >= 15 is 0 Å². The summed E-state index contributed by atoms with van der Waals surface area (Å²) in [6, 6.07) is 10.5. The highest BCUT2D eigenvalue weighted by Crippen LogP contribution is 2.40. The van der Waals surface area contributed by atoms with Gasteiger partial charge in [0.15, 0.2) is 5.96 Å². The van der Waals surface area contributed by atoms with E-state index in [2.05, 4.69) is 59.6 Å². The Hall–Kier alpha value is -2.47. The molecule has 0 amide bonds. The maximum atomic E-state index is 5.72. The molecule has 0 spiro atoms. The molecule has 29 heavy (non-hydrogen) atoms. The fourth-order valence-electron chi connectivity index (χ4n) is 3.91. The summed E-state index contributed by atoms with van der Waals surface area (Å²) in [7, 11) is 1.75. The Bertz CT molecular complexity index is 780. The average Bonchev–Trinajstić information content (AvgIpc) is 3.26. The first-order valence-electron chi connectivity index (χ1n) is 10.5. The monoisotopic (exact) mass is 398 g/mol. The fraction of sp³-hybridized carbons (Fsp3) is 0.522. The second kappa shape index (κ2) is 10.3. The van der Waals surface area contributed by atoms with Crippen LogP contribution in [-0.2, 0) is 16.7 Å².